The highest BCUT2D eigenvalue weighted by atomic mass is 79.9. The highest BCUT2D eigenvalue weighted by molar-refractivity contribution is 9.09. The molecule has 0 saturated heterocycles. The zero-order chi connectivity index (χ0) is 15.2. The van der Waals surface area contributed by atoms with Crippen LogP contribution in [0.5, 0.6) is 0 Å². The molecule has 0 aliphatic carbocycles. The van der Waals surface area contributed by atoms with Crippen molar-refractivity contribution >= 4 is 21.8 Å². The summed E-state index contributed by atoms with van der Waals surface area (Å²) in [4.78, 5) is 11.8. The molecule has 1 N–H and O–H groups in total. The molecule has 0 fully saturated rings. The maximum absolute atomic E-state index is 12.8. The van der Waals surface area contributed by atoms with Gasteiger partial charge in [-0.3, -0.25) is 4.79 Å². The van der Waals surface area contributed by atoms with Crippen molar-refractivity contribution in [2.45, 2.75) is 17.4 Å². The Morgan fingerprint density at radius 1 is 1.40 bits per heavy atom. The zero-order valence-electron chi connectivity index (χ0n) is 10.8. The summed E-state index contributed by atoms with van der Waals surface area (Å²) in [5, 5.41) is 2.48. The minimum absolute atomic E-state index is 0.0469. The third-order valence-corrected chi connectivity index (χ3v) is 3.29. The molecule has 20 heavy (non-hydrogen) atoms. The number of hydrogen-bond donors (Lipinski definition) is 1. The average Bonchev–Trinajstić information content (AvgIpc) is 2.38. The van der Waals surface area contributed by atoms with E-state index in [0.29, 0.717) is 13.0 Å². The lowest BCUT2D eigenvalue weighted by Crippen LogP contribution is -2.28. The molecule has 0 heterocycles. The smallest absolute Gasteiger partial charge is 0.384 e. The lowest BCUT2D eigenvalue weighted by atomic mass is 10.1. The van der Waals surface area contributed by atoms with Gasteiger partial charge in [-0.15, -0.1) is 0 Å². The molecule has 0 bridgehead atoms. The number of halogens is 4. The van der Waals surface area contributed by atoms with E-state index in [1.807, 2.05) is 0 Å². The van der Waals surface area contributed by atoms with E-state index in [2.05, 4.69) is 21.2 Å². The summed E-state index contributed by atoms with van der Waals surface area (Å²) in [5.74, 6) is -0.727. The van der Waals surface area contributed by atoms with Crippen molar-refractivity contribution in [1.29, 1.82) is 0 Å². The lowest BCUT2D eigenvalue weighted by Gasteiger charge is -2.13. The Morgan fingerprint density at radius 2 is 2.05 bits per heavy atom. The summed E-state index contributed by atoms with van der Waals surface area (Å²) in [5.41, 5.74) is -1.29. The summed E-state index contributed by atoms with van der Waals surface area (Å²) in [6.45, 7) is 0.735. The van der Waals surface area contributed by atoms with Crippen molar-refractivity contribution in [1.82, 2.24) is 5.32 Å². The molecule has 1 amide bonds. The summed E-state index contributed by atoms with van der Waals surface area (Å²) in [6.07, 6.45) is -3.98. The van der Waals surface area contributed by atoms with E-state index < -0.39 is 17.6 Å². The lowest BCUT2D eigenvalue weighted by molar-refractivity contribution is -0.137. The number of carbonyl (C=O) groups excluding carboxylic acids is 1. The fourth-order valence-corrected chi connectivity index (χ4v) is 2.12. The highest BCUT2D eigenvalue weighted by Gasteiger charge is 2.34. The van der Waals surface area contributed by atoms with Gasteiger partial charge in [-0.05, 0) is 18.6 Å². The van der Waals surface area contributed by atoms with E-state index in [9.17, 15) is 18.0 Å². The van der Waals surface area contributed by atoms with Gasteiger partial charge in [0.05, 0.1) is 17.7 Å². The first-order chi connectivity index (χ1) is 9.36. The number of amides is 1. The van der Waals surface area contributed by atoms with E-state index in [4.69, 9.17) is 4.74 Å². The third kappa shape index (κ3) is 5.13. The highest BCUT2D eigenvalue weighted by Crippen LogP contribution is 2.31. The molecule has 0 aliphatic heterocycles. The van der Waals surface area contributed by atoms with Crippen LogP contribution in [0, 0.1) is 0 Å². The molecule has 7 heteroatoms. The number of rotatable bonds is 6. The summed E-state index contributed by atoms with van der Waals surface area (Å²) < 4.78 is 43.2. The first-order valence-electron chi connectivity index (χ1n) is 5.93. The van der Waals surface area contributed by atoms with Crippen LogP contribution in [0.4, 0.5) is 13.2 Å². The number of methoxy groups -OCH3 is 1. The normalized spacial score (nSPS) is 13.1. The van der Waals surface area contributed by atoms with Crippen LogP contribution in [0.3, 0.4) is 0 Å². The van der Waals surface area contributed by atoms with E-state index in [1.165, 1.54) is 18.2 Å². The second kappa shape index (κ2) is 7.64. The molecular formula is C13H15BrF3NO2. The number of ether oxygens (including phenoxy) is 1. The van der Waals surface area contributed by atoms with Crippen LogP contribution in [0.15, 0.2) is 24.3 Å². The van der Waals surface area contributed by atoms with Crippen molar-refractivity contribution in [2.24, 2.45) is 0 Å². The van der Waals surface area contributed by atoms with Crippen LogP contribution in [-0.2, 0) is 10.9 Å². The molecule has 112 valence electrons. The molecule has 1 aromatic rings. The Hall–Kier alpha value is -1.08. The molecular weight excluding hydrogens is 339 g/mol. The number of alkyl halides is 4. The van der Waals surface area contributed by atoms with Crippen LogP contribution in [0.1, 0.15) is 22.3 Å². The van der Waals surface area contributed by atoms with Crippen molar-refractivity contribution < 1.29 is 22.7 Å². The van der Waals surface area contributed by atoms with E-state index in [-0.39, 0.29) is 16.9 Å². The first kappa shape index (κ1) is 17.0. The quantitative estimate of drug-likeness (QED) is 0.797. The van der Waals surface area contributed by atoms with Gasteiger partial charge in [0.25, 0.3) is 5.91 Å². The Labute approximate surface area is 123 Å². The van der Waals surface area contributed by atoms with E-state index in [0.717, 1.165) is 6.07 Å². The minimum Gasteiger partial charge on any atom is -0.384 e. The average molecular weight is 354 g/mol. The molecule has 1 unspecified atom stereocenters. The second-order valence-corrected chi connectivity index (χ2v) is 5.44. The minimum atomic E-state index is -4.54. The van der Waals surface area contributed by atoms with Crippen LogP contribution in [0.2, 0.25) is 0 Å². The molecule has 3 nitrogen and oxygen atoms in total. The van der Waals surface area contributed by atoms with Gasteiger partial charge in [-0.25, -0.2) is 0 Å². The van der Waals surface area contributed by atoms with Gasteiger partial charge >= 0.3 is 6.18 Å². The van der Waals surface area contributed by atoms with E-state index in [1.54, 1.807) is 7.11 Å². The van der Waals surface area contributed by atoms with Crippen molar-refractivity contribution in [3.05, 3.63) is 35.4 Å². The van der Waals surface area contributed by atoms with Gasteiger partial charge in [0.15, 0.2) is 0 Å². The number of benzene rings is 1. The van der Waals surface area contributed by atoms with Crippen LogP contribution in [-0.4, -0.2) is 31.0 Å². The van der Waals surface area contributed by atoms with Gasteiger partial charge in [0.2, 0.25) is 0 Å². The largest absolute Gasteiger partial charge is 0.417 e. The molecule has 1 atom stereocenters. The van der Waals surface area contributed by atoms with Crippen LogP contribution in [0.25, 0.3) is 0 Å². The number of nitrogens with one attached hydrogen (secondary N) is 1. The standard InChI is InChI=1S/C13H15BrF3NO2/c1-20-8-9(14)6-7-18-12(19)10-4-2-3-5-11(10)13(15,16)17/h2-5,9H,6-8H2,1H3,(H,18,19). The van der Waals surface area contributed by atoms with Crippen LogP contribution >= 0.6 is 15.9 Å². The Balaban J connectivity index is 2.65. The molecule has 1 rings (SSSR count). The zero-order valence-corrected chi connectivity index (χ0v) is 12.4. The molecule has 1 aromatic carbocycles. The first-order valence-corrected chi connectivity index (χ1v) is 6.85. The second-order valence-electron chi connectivity index (χ2n) is 4.14. The predicted molar refractivity (Wildman–Crippen MR) is 73.0 cm³/mol. The topological polar surface area (TPSA) is 38.3 Å². The van der Waals surface area contributed by atoms with Crippen LogP contribution < -0.4 is 5.32 Å². The fourth-order valence-electron chi connectivity index (χ4n) is 1.63. The summed E-state index contributed by atoms with van der Waals surface area (Å²) in [6, 6.07) is 4.72. The van der Waals surface area contributed by atoms with Crippen molar-refractivity contribution in [2.75, 3.05) is 20.3 Å². The molecule has 0 spiro atoms. The fraction of sp³-hybridized carbons (Fsp3) is 0.462. The van der Waals surface area contributed by atoms with Gasteiger partial charge in [0.1, 0.15) is 0 Å². The Bertz CT molecular complexity index is 451. The number of hydrogen-bond acceptors (Lipinski definition) is 2. The van der Waals surface area contributed by atoms with Gasteiger partial charge in [-0.1, -0.05) is 28.1 Å². The molecule has 0 saturated carbocycles. The van der Waals surface area contributed by atoms with Gasteiger partial charge in [0, 0.05) is 18.5 Å². The molecule has 0 aliphatic rings. The van der Waals surface area contributed by atoms with Gasteiger partial charge in [-0.2, -0.15) is 13.2 Å². The SMILES string of the molecule is COCC(Br)CCNC(=O)c1ccccc1C(F)(F)F. The van der Waals surface area contributed by atoms with Gasteiger partial charge < -0.3 is 10.1 Å². The monoisotopic (exact) mass is 353 g/mol. The van der Waals surface area contributed by atoms with Crippen molar-refractivity contribution in [3.8, 4) is 0 Å². The summed E-state index contributed by atoms with van der Waals surface area (Å²) in [7, 11) is 1.55. The Kier molecular flexibility index (Phi) is 6.48. The maximum Gasteiger partial charge on any atom is 0.417 e. The summed E-state index contributed by atoms with van der Waals surface area (Å²) >= 11 is 3.33. The van der Waals surface area contributed by atoms with Crippen molar-refractivity contribution in [3.63, 3.8) is 0 Å². The number of carbonyl (C=O) groups is 1. The molecule has 0 radical (unpaired) electrons. The van der Waals surface area contributed by atoms with E-state index >= 15 is 0 Å². The maximum atomic E-state index is 12.8. The predicted octanol–water partition coefficient (Wildman–Crippen LogP) is 3.24. The third-order valence-electron chi connectivity index (χ3n) is 2.57. The molecule has 0 aromatic heterocycles. The Morgan fingerprint density at radius 3 is 2.65 bits per heavy atom.